The van der Waals surface area contributed by atoms with Gasteiger partial charge in [0.1, 0.15) is 11.5 Å². The molecular formula is C23H22ClFN4O. The molecule has 2 heterocycles. The van der Waals surface area contributed by atoms with Gasteiger partial charge in [0.15, 0.2) is 0 Å². The monoisotopic (exact) mass is 424 g/mol. The fourth-order valence-corrected chi connectivity index (χ4v) is 3.31. The first-order valence-electron chi connectivity index (χ1n) is 9.48. The van der Waals surface area contributed by atoms with Crippen molar-refractivity contribution >= 4 is 29.4 Å². The van der Waals surface area contributed by atoms with Gasteiger partial charge in [-0.3, -0.25) is 9.36 Å². The largest absolute Gasteiger partial charge is 0.354 e. The van der Waals surface area contributed by atoms with E-state index in [2.05, 4.69) is 27.4 Å². The Morgan fingerprint density at radius 3 is 2.50 bits per heavy atom. The Labute approximate surface area is 180 Å². The molecule has 0 aliphatic heterocycles. The molecule has 0 saturated carbocycles. The highest BCUT2D eigenvalue weighted by Crippen LogP contribution is 2.15. The van der Waals surface area contributed by atoms with Crippen molar-refractivity contribution in [1.82, 2.24) is 14.5 Å². The molecule has 4 rings (SSSR count). The standard InChI is InChI=1S/C23H21FN4O.ClH/c1-28-21-19(14-18(22(28)29)13-17-7-9-20(24)10-8-17)15-26-23(27-21)25-12-11-16-5-3-2-4-6-16;/h2-10,14-15H,11-13H2,1H3,(H,25,26,27);1H. The van der Waals surface area contributed by atoms with Gasteiger partial charge in [-0.1, -0.05) is 42.5 Å². The van der Waals surface area contributed by atoms with E-state index in [1.807, 2.05) is 24.3 Å². The maximum Gasteiger partial charge on any atom is 0.255 e. The topological polar surface area (TPSA) is 59.8 Å². The van der Waals surface area contributed by atoms with Crippen LogP contribution in [0, 0.1) is 5.82 Å². The van der Waals surface area contributed by atoms with Crippen LogP contribution in [0.3, 0.4) is 0 Å². The van der Waals surface area contributed by atoms with Crippen LogP contribution in [0.2, 0.25) is 0 Å². The molecule has 0 unspecified atom stereocenters. The highest BCUT2D eigenvalue weighted by atomic mass is 35.5. The minimum atomic E-state index is -0.291. The predicted octanol–water partition coefficient (Wildman–Crippen LogP) is 4.13. The average molecular weight is 425 g/mol. The summed E-state index contributed by atoms with van der Waals surface area (Å²) in [7, 11) is 1.71. The molecule has 0 aliphatic rings. The Bertz CT molecular complexity index is 1190. The number of nitrogens with zero attached hydrogens (tertiary/aromatic N) is 3. The number of hydrogen-bond acceptors (Lipinski definition) is 4. The number of halogens is 2. The second-order valence-corrected chi connectivity index (χ2v) is 6.97. The Morgan fingerprint density at radius 1 is 1.03 bits per heavy atom. The van der Waals surface area contributed by atoms with Crippen LogP contribution >= 0.6 is 12.4 Å². The number of aromatic nitrogens is 3. The molecule has 0 atom stereocenters. The summed E-state index contributed by atoms with van der Waals surface area (Å²) in [6.07, 6.45) is 3.01. The Morgan fingerprint density at radius 2 is 1.77 bits per heavy atom. The lowest BCUT2D eigenvalue weighted by Crippen LogP contribution is -2.22. The van der Waals surface area contributed by atoms with Gasteiger partial charge in [-0.25, -0.2) is 9.37 Å². The van der Waals surface area contributed by atoms with Gasteiger partial charge >= 0.3 is 0 Å². The van der Waals surface area contributed by atoms with Gasteiger partial charge in [0.05, 0.1) is 0 Å². The van der Waals surface area contributed by atoms with Gasteiger partial charge < -0.3 is 5.32 Å². The maximum atomic E-state index is 13.1. The molecule has 0 fully saturated rings. The average Bonchev–Trinajstić information content (AvgIpc) is 2.74. The highest BCUT2D eigenvalue weighted by molar-refractivity contribution is 5.85. The molecule has 5 nitrogen and oxygen atoms in total. The van der Waals surface area contributed by atoms with Crippen LogP contribution in [0.25, 0.3) is 11.0 Å². The van der Waals surface area contributed by atoms with Gasteiger partial charge in [-0.2, -0.15) is 4.98 Å². The van der Waals surface area contributed by atoms with Crippen molar-refractivity contribution in [2.24, 2.45) is 7.05 Å². The summed E-state index contributed by atoms with van der Waals surface area (Å²) in [6.45, 7) is 0.701. The number of rotatable bonds is 6. The van der Waals surface area contributed by atoms with Crippen LogP contribution in [0.1, 0.15) is 16.7 Å². The number of anilines is 1. The van der Waals surface area contributed by atoms with Gasteiger partial charge in [0, 0.05) is 37.2 Å². The van der Waals surface area contributed by atoms with Gasteiger partial charge in [-0.15, -0.1) is 12.4 Å². The van der Waals surface area contributed by atoms with Gasteiger partial charge in [0.2, 0.25) is 5.95 Å². The Kier molecular flexibility index (Phi) is 6.79. The number of benzene rings is 2. The number of pyridine rings is 1. The second-order valence-electron chi connectivity index (χ2n) is 6.97. The van der Waals surface area contributed by atoms with Crippen molar-refractivity contribution in [1.29, 1.82) is 0 Å². The lowest BCUT2D eigenvalue weighted by molar-refractivity contribution is 0.627. The van der Waals surface area contributed by atoms with Crippen LogP contribution in [0.15, 0.2) is 71.7 Å². The summed E-state index contributed by atoms with van der Waals surface area (Å²) in [5.74, 6) is 0.204. The van der Waals surface area contributed by atoms with Crippen molar-refractivity contribution in [2.75, 3.05) is 11.9 Å². The van der Waals surface area contributed by atoms with Crippen LogP contribution in [-0.4, -0.2) is 21.1 Å². The molecule has 4 aromatic rings. The third kappa shape index (κ3) is 4.83. The normalized spacial score (nSPS) is 10.6. The van der Waals surface area contributed by atoms with E-state index >= 15 is 0 Å². The van der Waals surface area contributed by atoms with E-state index in [-0.39, 0.29) is 23.8 Å². The minimum Gasteiger partial charge on any atom is -0.354 e. The summed E-state index contributed by atoms with van der Waals surface area (Å²) >= 11 is 0. The van der Waals surface area contributed by atoms with E-state index in [0.29, 0.717) is 30.1 Å². The first-order valence-corrected chi connectivity index (χ1v) is 9.48. The molecule has 0 amide bonds. The van der Waals surface area contributed by atoms with Crippen LogP contribution in [0.5, 0.6) is 0 Å². The predicted molar refractivity (Wildman–Crippen MR) is 120 cm³/mol. The van der Waals surface area contributed by atoms with Crippen molar-refractivity contribution in [3.8, 4) is 0 Å². The van der Waals surface area contributed by atoms with E-state index in [4.69, 9.17) is 0 Å². The fourth-order valence-electron chi connectivity index (χ4n) is 3.31. The third-order valence-corrected chi connectivity index (χ3v) is 4.87. The molecule has 1 N–H and O–H groups in total. The van der Waals surface area contributed by atoms with Gasteiger partial charge in [-0.05, 0) is 35.7 Å². The lowest BCUT2D eigenvalue weighted by atomic mass is 10.1. The number of nitrogens with one attached hydrogen (secondary N) is 1. The van der Waals surface area contributed by atoms with E-state index in [1.54, 1.807) is 25.4 Å². The van der Waals surface area contributed by atoms with E-state index in [1.165, 1.54) is 22.3 Å². The Hall–Kier alpha value is -3.25. The summed E-state index contributed by atoms with van der Waals surface area (Å²) < 4.78 is 14.7. The molecule has 7 heteroatoms. The third-order valence-electron chi connectivity index (χ3n) is 4.87. The van der Waals surface area contributed by atoms with Crippen molar-refractivity contribution in [3.05, 3.63) is 99.7 Å². The van der Waals surface area contributed by atoms with Crippen molar-refractivity contribution in [2.45, 2.75) is 12.8 Å². The minimum absolute atomic E-state index is 0. The summed E-state index contributed by atoms with van der Waals surface area (Å²) in [5, 5.41) is 4.01. The summed E-state index contributed by atoms with van der Waals surface area (Å²) in [4.78, 5) is 21.7. The molecule has 0 radical (unpaired) electrons. The number of hydrogen-bond donors (Lipinski definition) is 1. The first-order chi connectivity index (χ1) is 14.1. The molecule has 30 heavy (non-hydrogen) atoms. The molecule has 0 bridgehead atoms. The van der Waals surface area contributed by atoms with Crippen LogP contribution < -0.4 is 10.9 Å². The zero-order chi connectivity index (χ0) is 20.2. The molecular weight excluding hydrogens is 403 g/mol. The SMILES string of the molecule is Cl.Cn1c(=O)c(Cc2ccc(F)cc2)cc2cnc(NCCc3ccccc3)nc21. The van der Waals surface area contributed by atoms with E-state index in [0.717, 1.165) is 17.4 Å². The van der Waals surface area contributed by atoms with Gasteiger partial charge in [0.25, 0.3) is 5.56 Å². The number of aryl methyl sites for hydroxylation is 1. The lowest BCUT2D eigenvalue weighted by Gasteiger charge is -2.10. The van der Waals surface area contributed by atoms with Crippen LogP contribution in [-0.2, 0) is 19.9 Å². The fraction of sp³-hybridized carbons (Fsp3) is 0.174. The summed E-state index contributed by atoms with van der Waals surface area (Å²) in [6, 6.07) is 18.2. The zero-order valence-corrected chi connectivity index (χ0v) is 17.3. The summed E-state index contributed by atoms with van der Waals surface area (Å²) in [5.41, 5.74) is 3.20. The molecule has 0 aliphatic carbocycles. The van der Waals surface area contributed by atoms with Crippen LogP contribution in [0.4, 0.5) is 10.3 Å². The quantitative estimate of drug-likeness (QED) is 0.505. The molecule has 2 aromatic carbocycles. The van der Waals surface area contributed by atoms with Crippen molar-refractivity contribution < 1.29 is 4.39 Å². The Balaban J connectivity index is 0.00000256. The highest BCUT2D eigenvalue weighted by Gasteiger charge is 2.10. The van der Waals surface area contributed by atoms with Crippen molar-refractivity contribution in [3.63, 3.8) is 0 Å². The first kappa shape index (κ1) is 21.5. The maximum absolute atomic E-state index is 13.1. The van der Waals surface area contributed by atoms with E-state index in [9.17, 15) is 9.18 Å². The molecule has 0 saturated heterocycles. The zero-order valence-electron chi connectivity index (χ0n) is 16.5. The number of fused-ring (bicyclic) bond motifs is 1. The molecule has 2 aromatic heterocycles. The van der Waals surface area contributed by atoms with E-state index < -0.39 is 0 Å². The molecule has 154 valence electrons. The second kappa shape index (κ2) is 9.50. The smallest absolute Gasteiger partial charge is 0.255 e. The molecule has 0 spiro atoms.